The molecule has 9 heteroatoms. The fourth-order valence-corrected chi connectivity index (χ4v) is 4.38. The average Bonchev–Trinajstić information content (AvgIpc) is 3.18. The van der Waals surface area contributed by atoms with E-state index in [2.05, 4.69) is 0 Å². The normalized spacial score (nSPS) is 17.4. The summed E-state index contributed by atoms with van der Waals surface area (Å²) in [4.78, 5) is 12.1. The number of thioether (sulfide) groups is 1. The van der Waals surface area contributed by atoms with Crippen LogP contribution in [0.25, 0.3) is 6.20 Å². The third-order valence-electron chi connectivity index (χ3n) is 5.36. The van der Waals surface area contributed by atoms with Crippen molar-refractivity contribution in [2.24, 2.45) is 5.10 Å². The van der Waals surface area contributed by atoms with Crippen LogP contribution in [-0.4, -0.2) is 22.6 Å². The first kappa shape index (κ1) is 23.8. The van der Waals surface area contributed by atoms with Crippen LogP contribution in [0.15, 0.2) is 82.8 Å². The Balaban J connectivity index is 1.60. The van der Waals surface area contributed by atoms with Gasteiger partial charge in [0.2, 0.25) is 0 Å². The molecule has 1 unspecified atom stereocenters. The van der Waals surface area contributed by atoms with Gasteiger partial charge in [-0.15, -0.1) is 16.4 Å². The maximum Gasteiger partial charge on any atom is 0.416 e. The van der Waals surface area contributed by atoms with Crippen LogP contribution in [-0.2, 0) is 11.0 Å². The molecule has 1 N–H and O–H groups in total. The summed E-state index contributed by atoms with van der Waals surface area (Å²) in [6.07, 6.45) is -2.58. The lowest BCUT2D eigenvalue weighted by atomic mass is 10.2. The number of carboxylic acids is 1. The van der Waals surface area contributed by atoms with Gasteiger partial charge in [0.15, 0.2) is 5.69 Å². The van der Waals surface area contributed by atoms with Crippen LogP contribution < -0.4 is 19.9 Å². The van der Waals surface area contributed by atoms with Gasteiger partial charge in [0.05, 0.1) is 10.8 Å². The fraction of sp³-hybridized carbons (Fsp3) is 0.200. The van der Waals surface area contributed by atoms with Crippen molar-refractivity contribution in [3.8, 4) is 5.75 Å². The first-order valence-electron chi connectivity index (χ1n) is 10.4. The number of halogens is 3. The van der Waals surface area contributed by atoms with Gasteiger partial charge in [-0.1, -0.05) is 17.2 Å². The zero-order valence-corrected chi connectivity index (χ0v) is 19.2. The van der Waals surface area contributed by atoms with Crippen molar-refractivity contribution < 1.29 is 27.8 Å². The van der Waals surface area contributed by atoms with E-state index in [9.17, 15) is 23.1 Å². The summed E-state index contributed by atoms with van der Waals surface area (Å²) in [5, 5.41) is 15.6. The number of rotatable bonds is 7. The third kappa shape index (κ3) is 4.95. The van der Waals surface area contributed by atoms with Crippen molar-refractivity contribution in [2.75, 3.05) is 6.73 Å². The molecule has 176 valence electrons. The van der Waals surface area contributed by atoms with E-state index in [-0.39, 0.29) is 11.3 Å². The molecule has 1 atom stereocenters. The Morgan fingerprint density at radius 3 is 2.24 bits per heavy atom. The lowest BCUT2D eigenvalue weighted by Gasteiger charge is -2.25. The van der Waals surface area contributed by atoms with E-state index in [1.165, 1.54) is 23.9 Å². The smallest absolute Gasteiger partial charge is 0.416 e. The van der Waals surface area contributed by atoms with Crippen molar-refractivity contribution >= 4 is 29.6 Å². The second-order valence-corrected chi connectivity index (χ2v) is 10.0. The van der Waals surface area contributed by atoms with E-state index in [1.807, 2.05) is 30.5 Å². The summed E-state index contributed by atoms with van der Waals surface area (Å²) in [6.45, 7) is 3.28. The molecular weight excluding hydrogens is 465 g/mol. The summed E-state index contributed by atoms with van der Waals surface area (Å²) < 4.78 is 44.1. The van der Waals surface area contributed by atoms with Crippen LogP contribution in [0.5, 0.6) is 5.75 Å². The second kappa shape index (κ2) is 8.81. The minimum absolute atomic E-state index is 0.0210. The molecule has 1 heterocycles. The number of carbonyl (C=O) groups is 1. The van der Waals surface area contributed by atoms with Crippen LogP contribution in [0.4, 0.5) is 18.9 Å². The molecule has 0 saturated heterocycles. The highest BCUT2D eigenvalue weighted by molar-refractivity contribution is 8.01. The molecular formula is C25H22F3N2O3S+. The Hall–Kier alpha value is -3.30. The molecule has 5 nitrogen and oxygen atoms in total. The van der Waals surface area contributed by atoms with Crippen LogP contribution in [0, 0.1) is 0 Å². The number of quaternary nitrogens is 1. The average molecular weight is 488 g/mol. The molecule has 0 spiro atoms. The van der Waals surface area contributed by atoms with Crippen molar-refractivity contribution in [1.82, 2.24) is 4.59 Å². The maximum absolute atomic E-state index is 13.1. The number of hydrogen-bond donors (Lipinski definition) is 1. The third-order valence-corrected chi connectivity index (χ3v) is 6.55. The van der Waals surface area contributed by atoms with Gasteiger partial charge in [-0.3, -0.25) is 4.79 Å². The van der Waals surface area contributed by atoms with Gasteiger partial charge in [-0.2, -0.15) is 13.2 Å². The molecule has 1 aliphatic rings. The standard InChI is InChI=1S/C25H21F3N2O3S/c1-24(2,23(31)32)34-21-13-11-20(12-14-21)33-16-30(15-17-5-3-4-6-22(17)29-30)19-9-7-18(8-10-19)25(26,27)28/h3-15H,16H2,1-2H3/p+1. The molecule has 0 amide bonds. The lowest BCUT2D eigenvalue weighted by molar-refractivity contribution is -0.139. The summed E-state index contributed by atoms with van der Waals surface area (Å²) in [5.74, 6) is -0.381. The zero-order chi connectivity index (χ0) is 24.6. The molecule has 0 bridgehead atoms. The predicted molar refractivity (Wildman–Crippen MR) is 124 cm³/mol. The maximum atomic E-state index is 13.1. The van der Waals surface area contributed by atoms with Crippen LogP contribution >= 0.6 is 11.8 Å². The molecule has 0 fully saturated rings. The van der Waals surface area contributed by atoms with Gasteiger partial charge in [-0.25, -0.2) is 0 Å². The van der Waals surface area contributed by atoms with Crippen molar-refractivity contribution in [1.29, 1.82) is 0 Å². The first-order chi connectivity index (χ1) is 16.0. The van der Waals surface area contributed by atoms with Crippen molar-refractivity contribution in [2.45, 2.75) is 29.7 Å². The van der Waals surface area contributed by atoms with Gasteiger partial charge in [-0.05, 0) is 62.4 Å². The Morgan fingerprint density at radius 1 is 1.00 bits per heavy atom. The largest absolute Gasteiger partial charge is 0.480 e. The highest BCUT2D eigenvalue weighted by Crippen LogP contribution is 2.35. The van der Waals surface area contributed by atoms with E-state index in [1.54, 1.807) is 38.1 Å². The summed E-state index contributed by atoms with van der Waals surface area (Å²) in [6, 6.07) is 19.3. The number of alkyl halides is 3. The number of ether oxygens (including phenoxy) is 1. The van der Waals surface area contributed by atoms with Gasteiger partial charge in [0.1, 0.15) is 22.1 Å². The molecule has 3 aromatic carbocycles. The molecule has 1 aliphatic heterocycles. The number of benzene rings is 3. The van der Waals surface area contributed by atoms with E-state index in [0.29, 0.717) is 16.8 Å². The molecule has 0 saturated carbocycles. The van der Waals surface area contributed by atoms with E-state index in [4.69, 9.17) is 9.84 Å². The monoisotopic (exact) mass is 487 g/mol. The summed E-state index contributed by atoms with van der Waals surface area (Å²) in [7, 11) is 0. The SMILES string of the molecule is CC(C)(Sc1ccc(OC[N+]2(c3ccc(C(F)(F)F)cc3)C=c3ccccc3=N2)cc1)C(=O)O. The molecule has 3 aromatic rings. The van der Waals surface area contributed by atoms with Crippen LogP contribution in [0.3, 0.4) is 0 Å². The fourth-order valence-electron chi connectivity index (χ4n) is 3.44. The zero-order valence-electron chi connectivity index (χ0n) is 18.4. The first-order valence-corrected chi connectivity index (χ1v) is 11.2. The Kier molecular flexibility index (Phi) is 6.18. The highest BCUT2D eigenvalue weighted by atomic mass is 32.2. The molecule has 4 rings (SSSR count). The van der Waals surface area contributed by atoms with E-state index < -0.39 is 22.5 Å². The van der Waals surface area contributed by atoms with Crippen molar-refractivity contribution in [3.63, 3.8) is 0 Å². The number of hydrogen-bond acceptors (Lipinski definition) is 4. The quantitative estimate of drug-likeness (QED) is 0.377. The topological polar surface area (TPSA) is 58.9 Å². The minimum atomic E-state index is -4.43. The number of fused-ring (bicyclic) bond motifs is 1. The van der Waals surface area contributed by atoms with Crippen molar-refractivity contribution in [3.05, 3.63) is 88.9 Å². The minimum Gasteiger partial charge on any atom is -0.480 e. The van der Waals surface area contributed by atoms with Gasteiger partial charge in [0.25, 0.3) is 6.73 Å². The van der Waals surface area contributed by atoms with Gasteiger partial charge < -0.3 is 9.84 Å². The van der Waals surface area contributed by atoms with Crippen LogP contribution in [0.2, 0.25) is 0 Å². The highest BCUT2D eigenvalue weighted by Gasteiger charge is 2.36. The Morgan fingerprint density at radius 2 is 1.65 bits per heavy atom. The predicted octanol–water partition coefficient (Wildman–Crippen LogP) is 4.99. The Labute approximate surface area is 198 Å². The Bertz CT molecular complexity index is 1290. The summed E-state index contributed by atoms with van der Waals surface area (Å²) >= 11 is 1.22. The number of aliphatic carboxylic acids is 1. The number of carboxylic acid groups (broad SMARTS) is 1. The molecule has 0 aliphatic carbocycles. The van der Waals surface area contributed by atoms with Crippen LogP contribution in [0.1, 0.15) is 19.4 Å². The number of nitrogens with zero attached hydrogens (tertiary/aromatic N) is 2. The van der Waals surface area contributed by atoms with Gasteiger partial charge >= 0.3 is 12.1 Å². The molecule has 0 radical (unpaired) electrons. The molecule has 34 heavy (non-hydrogen) atoms. The van der Waals surface area contributed by atoms with E-state index in [0.717, 1.165) is 22.2 Å². The summed E-state index contributed by atoms with van der Waals surface area (Å²) in [5.41, 5.74) is -0.205. The molecule has 0 aromatic heterocycles. The van der Waals surface area contributed by atoms with Gasteiger partial charge in [0, 0.05) is 17.0 Å². The lowest BCUT2D eigenvalue weighted by Crippen LogP contribution is -2.40. The second-order valence-electron chi connectivity index (χ2n) is 8.32. The van der Waals surface area contributed by atoms with E-state index >= 15 is 0 Å².